The van der Waals surface area contributed by atoms with E-state index >= 15 is 0 Å². The van der Waals surface area contributed by atoms with Crippen LogP contribution in [0.2, 0.25) is 0 Å². The van der Waals surface area contributed by atoms with Crippen LogP contribution >= 0.6 is 0 Å². The molecule has 1 aromatic carbocycles. The van der Waals surface area contributed by atoms with Crippen LogP contribution in [0.1, 0.15) is 28.3 Å². The van der Waals surface area contributed by atoms with Crippen molar-refractivity contribution in [3.8, 4) is 17.0 Å². The highest BCUT2D eigenvalue weighted by Crippen LogP contribution is 2.28. The maximum Gasteiger partial charge on any atom is 0.435 e. The summed E-state index contributed by atoms with van der Waals surface area (Å²) in [6.45, 7) is 2.12. The normalized spacial score (nSPS) is 11.5. The van der Waals surface area contributed by atoms with E-state index in [1.165, 1.54) is 4.68 Å². The number of hydrogen-bond acceptors (Lipinski definition) is 4. The number of nitrogens with zero attached hydrogens (tertiary/aromatic N) is 3. The molecule has 3 rings (SSSR count). The van der Waals surface area contributed by atoms with E-state index in [1.54, 1.807) is 32.2 Å². The van der Waals surface area contributed by atoms with Gasteiger partial charge in [0, 0.05) is 24.3 Å². The lowest BCUT2D eigenvalue weighted by Crippen LogP contribution is -2.25. The second kappa shape index (κ2) is 8.38. The van der Waals surface area contributed by atoms with Crippen LogP contribution < -0.4 is 10.1 Å². The third kappa shape index (κ3) is 4.95. The number of carbonyl (C=O) groups excluding carboxylic acids is 1. The summed E-state index contributed by atoms with van der Waals surface area (Å²) in [5.41, 5.74) is 1.25. The molecule has 29 heavy (non-hydrogen) atoms. The third-order valence-corrected chi connectivity index (χ3v) is 4.31. The SMILES string of the molecule is COc1ccc(-c2cc(C(=O)NCCCn3nc(C(F)(F)F)cc3C)[nH]n2)cc1. The van der Waals surface area contributed by atoms with Crippen molar-refractivity contribution >= 4 is 5.91 Å². The van der Waals surface area contributed by atoms with Crippen molar-refractivity contribution in [1.82, 2.24) is 25.3 Å². The zero-order chi connectivity index (χ0) is 21.0. The largest absolute Gasteiger partial charge is 0.497 e. The molecule has 1 amide bonds. The molecular weight excluding hydrogens is 387 g/mol. The number of halogens is 3. The van der Waals surface area contributed by atoms with E-state index in [0.717, 1.165) is 17.4 Å². The van der Waals surface area contributed by atoms with Crippen molar-refractivity contribution in [2.45, 2.75) is 26.1 Å². The minimum atomic E-state index is -4.47. The first-order valence-corrected chi connectivity index (χ1v) is 8.87. The molecule has 0 atom stereocenters. The Bertz CT molecular complexity index is 977. The monoisotopic (exact) mass is 407 g/mol. The van der Waals surface area contributed by atoms with Crippen molar-refractivity contribution in [3.05, 3.63) is 53.5 Å². The summed E-state index contributed by atoms with van der Waals surface area (Å²) >= 11 is 0. The molecule has 0 aliphatic rings. The number of nitrogens with one attached hydrogen (secondary N) is 2. The summed E-state index contributed by atoms with van der Waals surface area (Å²) in [5.74, 6) is 0.377. The first-order chi connectivity index (χ1) is 13.8. The topological polar surface area (TPSA) is 84.8 Å². The summed E-state index contributed by atoms with van der Waals surface area (Å²) < 4.78 is 44.4. The lowest BCUT2D eigenvalue weighted by molar-refractivity contribution is -0.141. The second-order valence-electron chi connectivity index (χ2n) is 6.40. The Morgan fingerprint density at radius 3 is 2.59 bits per heavy atom. The Morgan fingerprint density at radius 2 is 1.97 bits per heavy atom. The van der Waals surface area contributed by atoms with Gasteiger partial charge in [0.15, 0.2) is 5.69 Å². The lowest BCUT2D eigenvalue weighted by Gasteiger charge is -2.06. The van der Waals surface area contributed by atoms with Gasteiger partial charge in [-0.2, -0.15) is 23.4 Å². The highest BCUT2D eigenvalue weighted by atomic mass is 19.4. The minimum Gasteiger partial charge on any atom is -0.497 e. The number of carbonyl (C=O) groups is 1. The van der Waals surface area contributed by atoms with Gasteiger partial charge in [0.25, 0.3) is 5.91 Å². The van der Waals surface area contributed by atoms with Crippen LogP contribution in [0, 0.1) is 6.92 Å². The smallest absolute Gasteiger partial charge is 0.435 e. The molecule has 0 unspecified atom stereocenters. The lowest BCUT2D eigenvalue weighted by atomic mass is 10.1. The highest BCUT2D eigenvalue weighted by Gasteiger charge is 2.34. The quantitative estimate of drug-likeness (QED) is 0.588. The van der Waals surface area contributed by atoms with E-state index in [0.29, 0.717) is 23.5 Å². The standard InChI is InChI=1S/C19H20F3N5O2/c1-12-10-17(19(20,21)22)26-27(12)9-3-8-23-18(28)16-11-15(24-25-16)13-4-6-14(29-2)7-5-13/h4-7,10-11H,3,8-9H2,1-2H3,(H,23,28)(H,24,25). The van der Waals surface area contributed by atoms with Crippen molar-refractivity contribution in [1.29, 1.82) is 0 Å². The van der Waals surface area contributed by atoms with Gasteiger partial charge >= 0.3 is 6.18 Å². The van der Waals surface area contributed by atoms with Gasteiger partial charge in [-0.05, 0) is 49.7 Å². The minimum absolute atomic E-state index is 0.266. The molecule has 2 heterocycles. The molecule has 0 bridgehead atoms. The number of aryl methyl sites for hydroxylation is 2. The summed E-state index contributed by atoms with van der Waals surface area (Å²) in [6.07, 6.45) is -4.03. The van der Waals surface area contributed by atoms with Crippen LogP contribution in [0.3, 0.4) is 0 Å². The number of alkyl halides is 3. The Kier molecular flexibility index (Phi) is 5.90. The number of hydrogen-bond donors (Lipinski definition) is 2. The van der Waals surface area contributed by atoms with Crippen molar-refractivity contribution in [3.63, 3.8) is 0 Å². The van der Waals surface area contributed by atoms with Crippen molar-refractivity contribution < 1.29 is 22.7 Å². The fourth-order valence-electron chi connectivity index (χ4n) is 2.75. The van der Waals surface area contributed by atoms with Gasteiger partial charge in [0.2, 0.25) is 0 Å². The molecule has 0 fully saturated rings. The van der Waals surface area contributed by atoms with E-state index in [1.807, 2.05) is 12.1 Å². The number of ether oxygens (including phenoxy) is 1. The van der Waals surface area contributed by atoms with E-state index in [2.05, 4.69) is 20.6 Å². The first kappa shape index (κ1) is 20.4. The zero-order valence-electron chi connectivity index (χ0n) is 15.9. The Balaban J connectivity index is 1.51. The predicted molar refractivity (Wildman–Crippen MR) is 99.5 cm³/mol. The Labute approximate surface area is 164 Å². The van der Waals surface area contributed by atoms with Crippen LogP contribution in [-0.2, 0) is 12.7 Å². The molecule has 10 heteroatoms. The average Bonchev–Trinajstić information content (AvgIpc) is 3.32. The fraction of sp³-hybridized carbons (Fsp3) is 0.316. The van der Waals surface area contributed by atoms with Crippen molar-refractivity contribution in [2.75, 3.05) is 13.7 Å². The number of methoxy groups -OCH3 is 1. The number of amides is 1. The summed E-state index contributed by atoms with van der Waals surface area (Å²) in [6, 6.07) is 9.89. The molecule has 2 aromatic heterocycles. The summed E-state index contributed by atoms with van der Waals surface area (Å²) in [5, 5.41) is 13.1. The van der Waals surface area contributed by atoms with E-state index in [4.69, 9.17) is 4.74 Å². The molecule has 2 N–H and O–H groups in total. The van der Waals surface area contributed by atoms with Gasteiger partial charge in [-0.1, -0.05) is 0 Å². The molecule has 0 aliphatic heterocycles. The molecule has 0 aliphatic carbocycles. The number of aromatic amines is 1. The molecule has 3 aromatic rings. The van der Waals surface area contributed by atoms with Gasteiger partial charge in [-0.15, -0.1) is 0 Å². The number of rotatable bonds is 7. The fourth-order valence-corrected chi connectivity index (χ4v) is 2.75. The predicted octanol–water partition coefficient (Wildman–Crippen LogP) is 3.43. The average molecular weight is 407 g/mol. The molecule has 0 saturated heterocycles. The molecule has 0 spiro atoms. The molecule has 7 nitrogen and oxygen atoms in total. The van der Waals surface area contributed by atoms with Crippen molar-refractivity contribution in [2.24, 2.45) is 0 Å². The van der Waals surface area contributed by atoms with Crippen LogP contribution in [-0.4, -0.2) is 39.5 Å². The maximum absolute atomic E-state index is 12.7. The van der Waals surface area contributed by atoms with Crippen LogP contribution in [0.5, 0.6) is 5.75 Å². The van der Waals surface area contributed by atoms with Crippen LogP contribution in [0.15, 0.2) is 36.4 Å². The molecule has 0 radical (unpaired) electrons. The Hall–Kier alpha value is -3.30. The van der Waals surface area contributed by atoms with Gasteiger partial charge in [-0.25, -0.2) is 0 Å². The molecule has 154 valence electrons. The Morgan fingerprint density at radius 1 is 1.24 bits per heavy atom. The molecular formula is C19H20F3N5O2. The van der Waals surface area contributed by atoms with Crippen LogP contribution in [0.25, 0.3) is 11.3 Å². The third-order valence-electron chi connectivity index (χ3n) is 4.31. The number of benzene rings is 1. The molecule has 0 saturated carbocycles. The van der Waals surface area contributed by atoms with E-state index in [-0.39, 0.29) is 19.0 Å². The number of aromatic nitrogens is 4. The highest BCUT2D eigenvalue weighted by molar-refractivity contribution is 5.93. The van der Waals surface area contributed by atoms with Gasteiger partial charge in [0.05, 0.1) is 12.8 Å². The zero-order valence-corrected chi connectivity index (χ0v) is 15.9. The summed E-state index contributed by atoms with van der Waals surface area (Å²) in [4.78, 5) is 12.2. The maximum atomic E-state index is 12.7. The van der Waals surface area contributed by atoms with Gasteiger partial charge < -0.3 is 10.1 Å². The number of H-pyrrole nitrogens is 1. The second-order valence-corrected chi connectivity index (χ2v) is 6.40. The van der Waals surface area contributed by atoms with E-state index < -0.39 is 11.9 Å². The van der Waals surface area contributed by atoms with Gasteiger partial charge in [-0.3, -0.25) is 14.6 Å². The first-order valence-electron chi connectivity index (χ1n) is 8.87. The van der Waals surface area contributed by atoms with Gasteiger partial charge in [0.1, 0.15) is 11.4 Å². The van der Waals surface area contributed by atoms with Crippen LogP contribution in [0.4, 0.5) is 13.2 Å². The van der Waals surface area contributed by atoms with E-state index in [9.17, 15) is 18.0 Å². The summed E-state index contributed by atoms with van der Waals surface area (Å²) in [7, 11) is 1.58.